The minimum atomic E-state index is 0.0149. The Kier molecular flexibility index (Phi) is 5.67. The summed E-state index contributed by atoms with van der Waals surface area (Å²) in [4.78, 5) is 14.6. The van der Waals surface area contributed by atoms with Gasteiger partial charge in [-0.1, -0.05) is 11.6 Å². The van der Waals surface area contributed by atoms with Crippen LogP contribution < -0.4 is 10.2 Å². The van der Waals surface area contributed by atoms with Crippen molar-refractivity contribution < 1.29 is 9.53 Å². The molecule has 0 saturated carbocycles. The van der Waals surface area contributed by atoms with Crippen molar-refractivity contribution in [3.8, 4) is 0 Å². The molecule has 2 fully saturated rings. The third-order valence-electron chi connectivity index (χ3n) is 4.64. The van der Waals surface area contributed by atoms with Crippen LogP contribution in [0.1, 0.15) is 25.7 Å². The monoisotopic (exact) mass is 338 g/mol. The number of amides is 1. The summed E-state index contributed by atoms with van der Waals surface area (Å²) < 4.78 is 5.35. The Bertz CT molecular complexity index is 519. The molecule has 0 radical (unpaired) electrons. The van der Waals surface area contributed by atoms with E-state index in [-0.39, 0.29) is 11.8 Å². The summed E-state index contributed by atoms with van der Waals surface area (Å²) in [7, 11) is 0. The summed E-state index contributed by atoms with van der Waals surface area (Å²) >= 11 is 5.78. The second kappa shape index (κ2) is 7.93. The molecule has 2 aliphatic rings. The predicted octanol–water partition coefficient (Wildman–Crippen LogP) is 1.89. The maximum Gasteiger partial charge on any atom is 0.224 e. The number of nitrogens with zero attached hydrogens (tertiary/aromatic N) is 3. The van der Waals surface area contributed by atoms with Crippen LogP contribution in [0.15, 0.2) is 12.1 Å². The van der Waals surface area contributed by atoms with Gasteiger partial charge in [0.25, 0.3) is 0 Å². The number of aromatic nitrogens is 2. The Balaban J connectivity index is 1.51. The van der Waals surface area contributed by atoms with E-state index in [0.717, 1.165) is 57.8 Å². The smallest absolute Gasteiger partial charge is 0.224 e. The average molecular weight is 339 g/mol. The van der Waals surface area contributed by atoms with E-state index in [4.69, 9.17) is 16.3 Å². The Labute approximate surface area is 141 Å². The zero-order chi connectivity index (χ0) is 16.1. The lowest BCUT2D eigenvalue weighted by Crippen LogP contribution is -2.44. The number of nitrogens with one attached hydrogen (secondary N) is 1. The molecule has 1 aromatic heterocycles. The van der Waals surface area contributed by atoms with Crippen molar-refractivity contribution in [2.24, 2.45) is 11.8 Å². The standard InChI is InChI=1S/C16H23ClN4O2/c17-14-3-4-15(20-19-14)21-7-1-2-13(11-21)16(22)18-10-12-5-8-23-9-6-12/h3-4,12-13H,1-2,5-11H2,(H,18,22). The van der Waals surface area contributed by atoms with Gasteiger partial charge in [0.2, 0.25) is 5.91 Å². The van der Waals surface area contributed by atoms with E-state index < -0.39 is 0 Å². The second-order valence-electron chi connectivity index (χ2n) is 6.30. The summed E-state index contributed by atoms with van der Waals surface area (Å²) in [6, 6.07) is 3.59. The highest BCUT2D eigenvalue weighted by Crippen LogP contribution is 2.22. The number of ether oxygens (including phenoxy) is 1. The molecule has 2 saturated heterocycles. The molecule has 1 aromatic rings. The Morgan fingerprint density at radius 3 is 2.87 bits per heavy atom. The van der Waals surface area contributed by atoms with E-state index in [0.29, 0.717) is 17.6 Å². The van der Waals surface area contributed by atoms with Crippen LogP contribution in [0.5, 0.6) is 0 Å². The average Bonchev–Trinajstić information content (AvgIpc) is 2.61. The maximum absolute atomic E-state index is 12.4. The lowest BCUT2D eigenvalue weighted by atomic mass is 9.96. The molecule has 0 aromatic carbocycles. The van der Waals surface area contributed by atoms with Gasteiger partial charge in [0.1, 0.15) is 0 Å². The van der Waals surface area contributed by atoms with Crippen molar-refractivity contribution in [3.05, 3.63) is 17.3 Å². The van der Waals surface area contributed by atoms with Crippen molar-refractivity contribution in [3.63, 3.8) is 0 Å². The van der Waals surface area contributed by atoms with Crippen LogP contribution in [0.4, 0.5) is 5.82 Å². The fourth-order valence-electron chi connectivity index (χ4n) is 3.22. The van der Waals surface area contributed by atoms with Gasteiger partial charge >= 0.3 is 0 Å². The molecule has 23 heavy (non-hydrogen) atoms. The molecule has 1 amide bonds. The van der Waals surface area contributed by atoms with Gasteiger partial charge in [-0.3, -0.25) is 4.79 Å². The Morgan fingerprint density at radius 2 is 2.13 bits per heavy atom. The second-order valence-corrected chi connectivity index (χ2v) is 6.69. The van der Waals surface area contributed by atoms with Gasteiger partial charge in [0.05, 0.1) is 5.92 Å². The number of halogens is 1. The van der Waals surface area contributed by atoms with Crippen LogP contribution in [-0.4, -0.2) is 49.0 Å². The quantitative estimate of drug-likeness (QED) is 0.908. The van der Waals surface area contributed by atoms with E-state index in [9.17, 15) is 4.79 Å². The molecular formula is C16H23ClN4O2. The van der Waals surface area contributed by atoms with Crippen LogP contribution in [-0.2, 0) is 9.53 Å². The van der Waals surface area contributed by atoms with Crippen LogP contribution in [0.2, 0.25) is 5.15 Å². The normalized spacial score (nSPS) is 22.8. The van der Waals surface area contributed by atoms with Gasteiger partial charge < -0.3 is 15.0 Å². The number of carbonyl (C=O) groups excluding carboxylic acids is 1. The third-order valence-corrected chi connectivity index (χ3v) is 4.84. The highest BCUT2D eigenvalue weighted by Gasteiger charge is 2.27. The van der Waals surface area contributed by atoms with Crippen molar-refractivity contribution in [1.29, 1.82) is 0 Å². The molecule has 7 heteroatoms. The highest BCUT2D eigenvalue weighted by atomic mass is 35.5. The summed E-state index contributed by atoms with van der Waals surface area (Å²) in [5, 5.41) is 11.5. The summed E-state index contributed by atoms with van der Waals surface area (Å²) in [5.74, 6) is 1.51. The molecule has 126 valence electrons. The number of anilines is 1. The molecule has 2 aliphatic heterocycles. The zero-order valence-corrected chi connectivity index (χ0v) is 14.0. The molecular weight excluding hydrogens is 316 g/mol. The predicted molar refractivity (Wildman–Crippen MR) is 88.5 cm³/mol. The molecule has 0 spiro atoms. The molecule has 1 atom stereocenters. The molecule has 1 N–H and O–H groups in total. The number of hydrogen-bond donors (Lipinski definition) is 1. The largest absolute Gasteiger partial charge is 0.381 e. The lowest BCUT2D eigenvalue weighted by molar-refractivity contribution is -0.125. The van der Waals surface area contributed by atoms with Gasteiger partial charge in [-0.2, -0.15) is 0 Å². The van der Waals surface area contributed by atoms with Gasteiger partial charge in [0, 0.05) is 32.8 Å². The minimum Gasteiger partial charge on any atom is -0.381 e. The molecule has 3 heterocycles. The summed E-state index contributed by atoms with van der Waals surface area (Å²) in [6.45, 7) is 3.98. The fourth-order valence-corrected chi connectivity index (χ4v) is 3.32. The van der Waals surface area contributed by atoms with Crippen molar-refractivity contribution >= 4 is 23.3 Å². The summed E-state index contributed by atoms with van der Waals surface area (Å²) in [5.41, 5.74) is 0. The number of hydrogen-bond acceptors (Lipinski definition) is 5. The van der Waals surface area contributed by atoms with Gasteiger partial charge in [-0.25, -0.2) is 0 Å². The first-order valence-electron chi connectivity index (χ1n) is 8.32. The number of carbonyl (C=O) groups is 1. The molecule has 3 rings (SSSR count). The molecule has 0 bridgehead atoms. The topological polar surface area (TPSA) is 67.3 Å². The van der Waals surface area contributed by atoms with E-state index in [1.165, 1.54) is 0 Å². The minimum absolute atomic E-state index is 0.0149. The van der Waals surface area contributed by atoms with Crippen LogP contribution in [0.3, 0.4) is 0 Å². The first-order valence-corrected chi connectivity index (χ1v) is 8.70. The third kappa shape index (κ3) is 4.54. The van der Waals surface area contributed by atoms with Gasteiger partial charge in [-0.15, -0.1) is 10.2 Å². The van der Waals surface area contributed by atoms with Crippen LogP contribution in [0, 0.1) is 11.8 Å². The first-order chi connectivity index (χ1) is 11.2. The molecule has 6 nitrogen and oxygen atoms in total. The van der Waals surface area contributed by atoms with Gasteiger partial charge in [-0.05, 0) is 43.7 Å². The Morgan fingerprint density at radius 1 is 1.30 bits per heavy atom. The van der Waals surface area contributed by atoms with E-state index in [1.807, 2.05) is 6.07 Å². The SMILES string of the molecule is O=C(NCC1CCOCC1)C1CCCN(c2ccc(Cl)nn2)C1. The fraction of sp³-hybridized carbons (Fsp3) is 0.688. The molecule has 0 aliphatic carbocycles. The van der Waals surface area contributed by atoms with E-state index in [2.05, 4.69) is 20.4 Å². The lowest BCUT2D eigenvalue weighted by Gasteiger charge is -2.33. The van der Waals surface area contributed by atoms with Crippen molar-refractivity contribution in [1.82, 2.24) is 15.5 Å². The first kappa shape index (κ1) is 16.5. The summed E-state index contributed by atoms with van der Waals surface area (Å²) in [6.07, 6.45) is 3.99. The number of rotatable bonds is 4. The van der Waals surface area contributed by atoms with Crippen molar-refractivity contribution in [2.45, 2.75) is 25.7 Å². The highest BCUT2D eigenvalue weighted by molar-refractivity contribution is 6.29. The van der Waals surface area contributed by atoms with E-state index in [1.54, 1.807) is 6.07 Å². The number of piperidine rings is 1. The molecule has 1 unspecified atom stereocenters. The zero-order valence-electron chi connectivity index (χ0n) is 13.2. The van der Waals surface area contributed by atoms with Crippen LogP contribution in [0.25, 0.3) is 0 Å². The van der Waals surface area contributed by atoms with Gasteiger partial charge in [0.15, 0.2) is 11.0 Å². The maximum atomic E-state index is 12.4. The van der Waals surface area contributed by atoms with Crippen LogP contribution >= 0.6 is 11.6 Å². The Hall–Kier alpha value is -1.40. The van der Waals surface area contributed by atoms with Crippen molar-refractivity contribution in [2.75, 3.05) is 37.7 Å². The van der Waals surface area contributed by atoms with E-state index >= 15 is 0 Å².